The van der Waals surface area contributed by atoms with Gasteiger partial charge < -0.3 is 35.1 Å². The van der Waals surface area contributed by atoms with E-state index in [-0.39, 0.29) is 35.9 Å². The summed E-state index contributed by atoms with van der Waals surface area (Å²) in [5.74, 6) is -0.875. The van der Waals surface area contributed by atoms with E-state index in [2.05, 4.69) is 10.6 Å². The number of benzene rings is 1. The molecule has 1 aromatic carbocycles. The minimum absolute atomic E-state index is 0.0839. The largest absolute Gasteiger partial charge is 0.508 e. The summed E-state index contributed by atoms with van der Waals surface area (Å²) in [5.41, 5.74) is 1.07. The lowest BCUT2D eigenvalue weighted by Crippen LogP contribution is -2.47. The minimum atomic E-state index is -0.498. The van der Waals surface area contributed by atoms with Crippen LogP contribution in [0.5, 0.6) is 5.75 Å². The first-order valence-corrected chi connectivity index (χ1v) is 10.8. The van der Waals surface area contributed by atoms with Crippen LogP contribution >= 0.6 is 0 Å². The summed E-state index contributed by atoms with van der Waals surface area (Å²) in [7, 11) is 5.57. The van der Waals surface area contributed by atoms with Crippen LogP contribution in [0.1, 0.15) is 5.56 Å². The molecule has 0 radical (unpaired) electrons. The molecule has 3 rings (SSSR count). The van der Waals surface area contributed by atoms with Crippen LogP contribution in [0.15, 0.2) is 36.4 Å². The molecular weight excluding hydrogens is 412 g/mol. The molecule has 0 aliphatic carbocycles. The molecule has 5 atom stereocenters. The number of likely N-dealkylation sites (N-methyl/N-ethyl adjacent to an activating group) is 2. The number of fused-ring (bicyclic) bond motifs is 2. The number of hydrogen-bond acceptors (Lipinski definition) is 6. The first-order valence-electron chi connectivity index (χ1n) is 10.8. The van der Waals surface area contributed by atoms with Gasteiger partial charge in [-0.05, 0) is 38.2 Å². The van der Waals surface area contributed by atoms with Crippen LogP contribution in [-0.2, 0) is 20.7 Å². The van der Waals surface area contributed by atoms with Gasteiger partial charge in [-0.3, -0.25) is 4.79 Å². The van der Waals surface area contributed by atoms with Crippen molar-refractivity contribution in [3.8, 4) is 5.75 Å². The summed E-state index contributed by atoms with van der Waals surface area (Å²) in [6.45, 7) is 1.08. The molecule has 9 heteroatoms. The Bertz CT molecular complexity index is 841. The molecule has 1 aromatic rings. The average Bonchev–Trinajstić information content (AvgIpc) is 3.38. The number of hydrogen-bond donors (Lipinski definition) is 3. The SMILES string of the molecule is CN(CCNC(=O)NCC(Cc1ccc(O)cc1)N(C)C)C(=O)C1C2C=CC(O2)C1C=O. The highest BCUT2D eigenvalue weighted by Gasteiger charge is 2.50. The van der Waals surface area contributed by atoms with E-state index in [4.69, 9.17) is 4.74 Å². The van der Waals surface area contributed by atoms with Gasteiger partial charge in [0.1, 0.15) is 12.0 Å². The summed E-state index contributed by atoms with van der Waals surface area (Å²) in [4.78, 5) is 39.9. The Labute approximate surface area is 188 Å². The maximum Gasteiger partial charge on any atom is 0.314 e. The van der Waals surface area contributed by atoms with Gasteiger partial charge in [0.2, 0.25) is 5.91 Å². The fourth-order valence-corrected chi connectivity index (χ4v) is 4.12. The van der Waals surface area contributed by atoms with Gasteiger partial charge in [0.25, 0.3) is 0 Å². The van der Waals surface area contributed by atoms with Crippen LogP contribution in [-0.4, -0.2) is 92.2 Å². The molecule has 3 amide bonds. The fourth-order valence-electron chi connectivity index (χ4n) is 4.12. The van der Waals surface area contributed by atoms with Gasteiger partial charge >= 0.3 is 6.03 Å². The van der Waals surface area contributed by atoms with Crippen molar-refractivity contribution in [1.82, 2.24) is 20.4 Å². The van der Waals surface area contributed by atoms with E-state index in [0.717, 1.165) is 18.3 Å². The quantitative estimate of drug-likeness (QED) is 0.356. The zero-order chi connectivity index (χ0) is 23.3. The number of nitrogens with one attached hydrogen (secondary N) is 2. The number of phenols is 1. The van der Waals surface area contributed by atoms with E-state index in [1.807, 2.05) is 43.3 Å². The highest BCUT2D eigenvalue weighted by atomic mass is 16.5. The highest BCUT2D eigenvalue weighted by Crippen LogP contribution is 2.38. The molecule has 0 spiro atoms. The molecule has 9 nitrogen and oxygen atoms in total. The van der Waals surface area contributed by atoms with E-state index >= 15 is 0 Å². The van der Waals surface area contributed by atoms with Crippen molar-refractivity contribution in [2.24, 2.45) is 11.8 Å². The zero-order valence-corrected chi connectivity index (χ0v) is 18.7. The lowest BCUT2D eigenvalue weighted by atomic mass is 9.83. The maximum atomic E-state index is 12.8. The second-order valence-corrected chi connectivity index (χ2v) is 8.57. The number of carbonyl (C=O) groups excluding carboxylic acids is 3. The Balaban J connectivity index is 1.40. The smallest absolute Gasteiger partial charge is 0.314 e. The molecule has 1 saturated heterocycles. The number of amides is 3. The van der Waals surface area contributed by atoms with Crippen LogP contribution < -0.4 is 10.6 Å². The van der Waals surface area contributed by atoms with Crippen molar-refractivity contribution in [3.63, 3.8) is 0 Å². The monoisotopic (exact) mass is 444 g/mol. The molecule has 0 saturated carbocycles. The van der Waals surface area contributed by atoms with Crippen LogP contribution in [0, 0.1) is 11.8 Å². The third-order valence-corrected chi connectivity index (χ3v) is 6.14. The normalized spacial score (nSPS) is 24.4. The Morgan fingerprint density at radius 1 is 1.12 bits per heavy atom. The van der Waals surface area contributed by atoms with Gasteiger partial charge in [-0.15, -0.1) is 0 Å². The molecule has 2 aliphatic heterocycles. The summed E-state index contributed by atoms with van der Waals surface area (Å²) < 4.78 is 5.64. The summed E-state index contributed by atoms with van der Waals surface area (Å²) in [5, 5.41) is 15.1. The summed E-state index contributed by atoms with van der Waals surface area (Å²) in [6.07, 6.45) is 4.54. The second kappa shape index (κ2) is 10.6. The van der Waals surface area contributed by atoms with Crippen molar-refractivity contribution >= 4 is 18.2 Å². The molecule has 2 aliphatic rings. The molecule has 3 N–H and O–H groups in total. The molecule has 2 heterocycles. The number of rotatable bonds is 10. The van der Waals surface area contributed by atoms with Crippen LogP contribution in [0.2, 0.25) is 0 Å². The predicted molar refractivity (Wildman–Crippen MR) is 119 cm³/mol. The Morgan fingerprint density at radius 3 is 2.47 bits per heavy atom. The van der Waals surface area contributed by atoms with Gasteiger partial charge in [-0.1, -0.05) is 24.3 Å². The lowest BCUT2D eigenvalue weighted by Gasteiger charge is -2.26. The van der Waals surface area contributed by atoms with E-state index < -0.39 is 11.8 Å². The number of phenolic OH excluding ortho intramolecular Hbond substituents is 1. The number of nitrogens with zero attached hydrogens (tertiary/aromatic N) is 2. The van der Waals surface area contributed by atoms with Crippen molar-refractivity contribution in [1.29, 1.82) is 0 Å². The van der Waals surface area contributed by atoms with Gasteiger partial charge in [0.05, 0.1) is 24.0 Å². The molecule has 32 heavy (non-hydrogen) atoms. The fraction of sp³-hybridized carbons (Fsp3) is 0.522. The number of aldehydes is 1. The third-order valence-electron chi connectivity index (χ3n) is 6.14. The standard InChI is InChI=1S/C23H32N4O5/c1-26(2)16(12-15-4-6-17(29)7-5-15)13-25-23(31)24-10-11-27(3)22(30)21-18(14-28)19-8-9-20(21)32-19/h4-9,14,16,18-21,29H,10-13H2,1-3H3,(H2,24,25,31). The Kier molecular flexibility index (Phi) is 7.87. The molecule has 1 fully saturated rings. The average molecular weight is 445 g/mol. The van der Waals surface area contributed by atoms with Crippen LogP contribution in [0.25, 0.3) is 0 Å². The molecule has 5 unspecified atom stereocenters. The zero-order valence-electron chi connectivity index (χ0n) is 18.7. The van der Waals surface area contributed by atoms with E-state index in [1.54, 1.807) is 19.2 Å². The first kappa shape index (κ1) is 23.7. The van der Waals surface area contributed by atoms with E-state index in [0.29, 0.717) is 19.6 Å². The lowest BCUT2D eigenvalue weighted by molar-refractivity contribution is -0.137. The summed E-state index contributed by atoms with van der Waals surface area (Å²) >= 11 is 0. The van der Waals surface area contributed by atoms with Crippen LogP contribution in [0.3, 0.4) is 0 Å². The number of ether oxygens (including phenoxy) is 1. The third kappa shape index (κ3) is 5.66. The van der Waals surface area contributed by atoms with Crippen molar-refractivity contribution < 1.29 is 24.2 Å². The van der Waals surface area contributed by atoms with Gasteiger partial charge in [-0.25, -0.2) is 4.79 Å². The van der Waals surface area contributed by atoms with Crippen LogP contribution in [0.4, 0.5) is 4.79 Å². The molecule has 2 bridgehead atoms. The Hall–Kier alpha value is -2.91. The van der Waals surface area contributed by atoms with E-state index in [9.17, 15) is 19.5 Å². The van der Waals surface area contributed by atoms with Crippen molar-refractivity contribution in [2.45, 2.75) is 24.7 Å². The predicted octanol–water partition coefficient (Wildman–Crippen LogP) is 0.391. The van der Waals surface area contributed by atoms with Gasteiger partial charge in [0.15, 0.2) is 0 Å². The van der Waals surface area contributed by atoms with Gasteiger partial charge in [0, 0.05) is 32.7 Å². The van der Waals surface area contributed by atoms with Gasteiger partial charge in [-0.2, -0.15) is 0 Å². The molecule has 174 valence electrons. The highest BCUT2D eigenvalue weighted by molar-refractivity contribution is 5.84. The number of aromatic hydroxyl groups is 1. The maximum absolute atomic E-state index is 12.8. The Morgan fingerprint density at radius 2 is 1.81 bits per heavy atom. The first-order chi connectivity index (χ1) is 15.3. The number of carbonyl (C=O) groups is 3. The minimum Gasteiger partial charge on any atom is -0.508 e. The van der Waals surface area contributed by atoms with Crippen molar-refractivity contribution in [2.75, 3.05) is 40.8 Å². The second-order valence-electron chi connectivity index (χ2n) is 8.57. The van der Waals surface area contributed by atoms with E-state index in [1.165, 1.54) is 4.90 Å². The molecular formula is C23H32N4O5. The van der Waals surface area contributed by atoms with Crippen molar-refractivity contribution in [3.05, 3.63) is 42.0 Å². The topological polar surface area (TPSA) is 111 Å². The molecule has 0 aromatic heterocycles. The summed E-state index contributed by atoms with van der Waals surface area (Å²) in [6, 6.07) is 6.81. The number of urea groups is 1.